The van der Waals surface area contributed by atoms with Gasteiger partial charge in [-0.2, -0.15) is 5.26 Å². The average Bonchev–Trinajstić information content (AvgIpc) is 2.72. The summed E-state index contributed by atoms with van der Waals surface area (Å²) in [6.45, 7) is 3.95. The van der Waals surface area contributed by atoms with E-state index in [1.54, 1.807) is 30.3 Å². The van der Waals surface area contributed by atoms with Crippen LogP contribution >= 0.6 is 0 Å². The standard InChI is InChI=1S/C21H23N3O3/c22-15-16-5-6-20(26)19(13-16)17-3-1-4-18(14-17)21(27)24-10-8-23(9-11-24)7-2-12-25/h1,3-6,13-14,25-26H,2,7-12H2. The fourth-order valence-electron chi connectivity index (χ4n) is 3.31. The molecule has 6 heteroatoms. The molecule has 6 nitrogen and oxygen atoms in total. The van der Waals surface area contributed by atoms with Gasteiger partial charge in [0.15, 0.2) is 0 Å². The van der Waals surface area contributed by atoms with Gasteiger partial charge < -0.3 is 15.1 Å². The second kappa shape index (κ2) is 8.67. The number of nitrogens with zero attached hydrogens (tertiary/aromatic N) is 3. The van der Waals surface area contributed by atoms with Crippen LogP contribution in [0.4, 0.5) is 0 Å². The smallest absolute Gasteiger partial charge is 0.253 e. The summed E-state index contributed by atoms with van der Waals surface area (Å²) in [5.41, 5.74) is 2.27. The van der Waals surface area contributed by atoms with Gasteiger partial charge in [-0.3, -0.25) is 9.69 Å². The molecule has 0 radical (unpaired) electrons. The lowest BCUT2D eigenvalue weighted by Crippen LogP contribution is -2.48. The normalized spacial score (nSPS) is 14.7. The highest BCUT2D eigenvalue weighted by Crippen LogP contribution is 2.30. The van der Waals surface area contributed by atoms with Gasteiger partial charge in [-0.25, -0.2) is 0 Å². The molecule has 1 amide bonds. The number of aromatic hydroxyl groups is 1. The lowest BCUT2D eigenvalue weighted by Gasteiger charge is -2.34. The van der Waals surface area contributed by atoms with E-state index in [1.165, 1.54) is 6.07 Å². The Morgan fingerprint density at radius 3 is 2.59 bits per heavy atom. The number of hydrogen-bond acceptors (Lipinski definition) is 5. The summed E-state index contributed by atoms with van der Waals surface area (Å²) in [6.07, 6.45) is 0.751. The third-order valence-electron chi connectivity index (χ3n) is 4.84. The molecule has 3 rings (SSSR count). The molecule has 140 valence electrons. The number of rotatable bonds is 5. The summed E-state index contributed by atoms with van der Waals surface area (Å²) in [5.74, 6) is 0.0469. The van der Waals surface area contributed by atoms with Crippen molar-refractivity contribution in [1.82, 2.24) is 9.80 Å². The Labute approximate surface area is 158 Å². The van der Waals surface area contributed by atoms with Crippen LogP contribution in [0.25, 0.3) is 11.1 Å². The molecule has 1 aliphatic rings. The summed E-state index contributed by atoms with van der Waals surface area (Å²) in [7, 11) is 0. The van der Waals surface area contributed by atoms with Gasteiger partial charge in [0.1, 0.15) is 5.75 Å². The van der Waals surface area contributed by atoms with Crippen LogP contribution < -0.4 is 0 Å². The van der Waals surface area contributed by atoms with Crippen molar-refractivity contribution in [3.63, 3.8) is 0 Å². The zero-order valence-corrected chi connectivity index (χ0v) is 15.1. The van der Waals surface area contributed by atoms with Gasteiger partial charge >= 0.3 is 0 Å². The number of nitriles is 1. The van der Waals surface area contributed by atoms with Gasteiger partial charge in [-0.15, -0.1) is 0 Å². The highest BCUT2D eigenvalue weighted by atomic mass is 16.3. The predicted molar refractivity (Wildman–Crippen MR) is 102 cm³/mol. The summed E-state index contributed by atoms with van der Waals surface area (Å²) >= 11 is 0. The number of aliphatic hydroxyl groups is 1. The van der Waals surface area contributed by atoms with E-state index in [0.29, 0.717) is 35.3 Å². The second-order valence-electron chi connectivity index (χ2n) is 6.64. The number of aliphatic hydroxyl groups excluding tert-OH is 1. The Bertz CT molecular complexity index is 852. The van der Waals surface area contributed by atoms with Crippen molar-refractivity contribution in [3.05, 3.63) is 53.6 Å². The highest BCUT2D eigenvalue weighted by molar-refractivity contribution is 5.95. The number of carbonyl (C=O) groups is 1. The maximum Gasteiger partial charge on any atom is 0.253 e. The van der Waals surface area contributed by atoms with E-state index in [2.05, 4.69) is 11.0 Å². The van der Waals surface area contributed by atoms with Crippen molar-refractivity contribution in [2.75, 3.05) is 39.3 Å². The maximum atomic E-state index is 12.9. The minimum atomic E-state index is -0.0328. The van der Waals surface area contributed by atoms with Gasteiger partial charge in [-0.05, 0) is 42.3 Å². The van der Waals surface area contributed by atoms with Gasteiger partial charge in [0.2, 0.25) is 0 Å². The van der Waals surface area contributed by atoms with Crippen LogP contribution in [0.15, 0.2) is 42.5 Å². The third kappa shape index (κ3) is 4.45. The minimum absolute atomic E-state index is 0.0328. The molecule has 0 spiro atoms. The number of piperazine rings is 1. The van der Waals surface area contributed by atoms with Gasteiger partial charge in [-0.1, -0.05) is 12.1 Å². The number of carbonyl (C=O) groups excluding carboxylic acids is 1. The van der Waals surface area contributed by atoms with Crippen LogP contribution in [0, 0.1) is 11.3 Å². The fraction of sp³-hybridized carbons (Fsp3) is 0.333. The van der Waals surface area contributed by atoms with Crippen molar-refractivity contribution in [2.24, 2.45) is 0 Å². The first kappa shape index (κ1) is 18.9. The van der Waals surface area contributed by atoms with Crippen LogP contribution in [-0.4, -0.2) is 65.3 Å². The third-order valence-corrected chi connectivity index (χ3v) is 4.84. The average molecular weight is 365 g/mol. The number of amides is 1. The second-order valence-corrected chi connectivity index (χ2v) is 6.64. The molecule has 1 aliphatic heterocycles. The van der Waals surface area contributed by atoms with Crippen LogP contribution in [0.1, 0.15) is 22.3 Å². The van der Waals surface area contributed by atoms with E-state index in [4.69, 9.17) is 10.4 Å². The zero-order valence-electron chi connectivity index (χ0n) is 15.1. The van der Waals surface area contributed by atoms with E-state index in [-0.39, 0.29) is 18.3 Å². The summed E-state index contributed by atoms with van der Waals surface area (Å²) in [6, 6.07) is 13.9. The molecule has 2 aromatic rings. The molecule has 1 saturated heterocycles. The van der Waals surface area contributed by atoms with Gasteiger partial charge in [0, 0.05) is 50.5 Å². The Morgan fingerprint density at radius 1 is 1.11 bits per heavy atom. The van der Waals surface area contributed by atoms with Gasteiger partial charge in [0.25, 0.3) is 5.91 Å². The Morgan fingerprint density at radius 2 is 1.89 bits per heavy atom. The van der Waals surface area contributed by atoms with Crippen LogP contribution in [0.3, 0.4) is 0 Å². The van der Waals surface area contributed by atoms with E-state index < -0.39 is 0 Å². The molecule has 27 heavy (non-hydrogen) atoms. The number of phenols is 1. The minimum Gasteiger partial charge on any atom is -0.507 e. The molecule has 0 atom stereocenters. The van der Waals surface area contributed by atoms with E-state index in [0.717, 1.165) is 26.1 Å². The molecular weight excluding hydrogens is 342 g/mol. The SMILES string of the molecule is N#Cc1ccc(O)c(-c2cccc(C(=O)N3CCN(CCCO)CC3)c2)c1. The molecular formula is C21H23N3O3. The molecule has 1 heterocycles. The zero-order chi connectivity index (χ0) is 19.2. The molecule has 2 aromatic carbocycles. The van der Waals surface area contributed by atoms with Crippen molar-refractivity contribution in [3.8, 4) is 22.9 Å². The van der Waals surface area contributed by atoms with Crippen molar-refractivity contribution >= 4 is 5.91 Å². The van der Waals surface area contributed by atoms with E-state index in [9.17, 15) is 9.90 Å². The molecule has 0 saturated carbocycles. The van der Waals surface area contributed by atoms with Gasteiger partial charge in [0.05, 0.1) is 11.6 Å². The lowest BCUT2D eigenvalue weighted by molar-refractivity contribution is 0.0629. The summed E-state index contributed by atoms with van der Waals surface area (Å²) in [4.78, 5) is 16.9. The molecule has 1 fully saturated rings. The fourth-order valence-corrected chi connectivity index (χ4v) is 3.31. The lowest BCUT2D eigenvalue weighted by atomic mass is 10.00. The quantitative estimate of drug-likeness (QED) is 0.847. The molecule has 0 aromatic heterocycles. The highest BCUT2D eigenvalue weighted by Gasteiger charge is 2.22. The number of phenolic OH excluding ortho intramolecular Hbond substituents is 1. The molecule has 0 unspecified atom stereocenters. The Kier molecular flexibility index (Phi) is 6.07. The first-order valence-corrected chi connectivity index (χ1v) is 9.08. The molecule has 0 bridgehead atoms. The van der Waals surface area contributed by atoms with Crippen LogP contribution in [-0.2, 0) is 0 Å². The van der Waals surface area contributed by atoms with E-state index in [1.807, 2.05) is 11.0 Å². The largest absolute Gasteiger partial charge is 0.507 e. The molecule has 0 aliphatic carbocycles. The summed E-state index contributed by atoms with van der Waals surface area (Å²) < 4.78 is 0. The Hall–Kier alpha value is -2.88. The first-order valence-electron chi connectivity index (χ1n) is 9.08. The van der Waals surface area contributed by atoms with Crippen LogP contribution in [0.2, 0.25) is 0 Å². The topological polar surface area (TPSA) is 87.8 Å². The maximum absolute atomic E-state index is 12.9. The first-order chi connectivity index (χ1) is 13.1. The van der Waals surface area contributed by atoms with Crippen molar-refractivity contribution in [1.29, 1.82) is 5.26 Å². The molecule has 2 N–H and O–H groups in total. The monoisotopic (exact) mass is 365 g/mol. The Balaban J connectivity index is 1.75. The number of benzene rings is 2. The van der Waals surface area contributed by atoms with Crippen molar-refractivity contribution < 1.29 is 15.0 Å². The van der Waals surface area contributed by atoms with Crippen molar-refractivity contribution in [2.45, 2.75) is 6.42 Å². The number of hydrogen-bond donors (Lipinski definition) is 2. The van der Waals surface area contributed by atoms with Crippen LogP contribution in [0.5, 0.6) is 5.75 Å². The summed E-state index contributed by atoms with van der Waals surface area (Å²) in [5, 5.41) is 28.1. The van der Waals surface area contributed by atoms with E-state index >= 15 is 0 Å². The predicted octanol–water partition coefficient (Wildman–Crippen LogP) is 2.07.